The second-order valence-corrected chi connectivity index (χ2v) is 5.22. The SMILES string of the molecule is CCC1(C(=O)NCCc2ncn(C)n2)CCNCC1. The predicted molar refractivity (Wildman–Crippen MR) is 72.5 cm³/mol. The number of piperidine rings is 1. The Morgan fingerprint density at radius 1 is 1.53 bits per heavy atom. The molecule has 2 N–H and O–H groups in total. The van der Waals surface area contributed by atoms with E-state index in [1.165, 1.54) is 0 Å². The molecule has 1 saturated heterocycles. The molecule has 0 spiro atoms. The zero-order valence-electron chi connectivity index (χ0n) is 11.8. The second-order valence-electron chi connectivity index (χ2n) is 5.22. The van der Waals surface area contributed by atoms with Crippen LogP contribution in [-0.4, -0.2) is 40.3 Å². The maximum Gasteiger partial charge on any atom is 0.226 e. The fourth-order valence-electron chi connectivity index (χ4n) is 2.62. The van der Waals surface area contributed by atoms with Crippen LogP contribution in [-0.2, 0) is 18.3 Å². The Morgan fingerprint density at radius 2 is 2.26 bits per heavy atom. The van der Waals surface area contributed by atoms with Crippen molar-refractivity contribution in [3.63, 3.8) is 0 Å². The number of aryl methyl sites for hydroxylation is 1. The maximum absolute atomic E-state index is 12.4. The van der Waals surface area contributed by atoms with E-state index in [0.29, 0.717) is 13.0 Å². The van der Waals surface area contributed by atoms with E-state index in [-0.39, 0.29) is 11.3 Å². The van der Waals surface area contributed by atoms with Crippen molar-refractivity contribution in [2.45, 2.75) is 32.6 Å². The molecule has 6 nitrogen and oxygen atoms in total. The van der Waals surface area contributed by atoms with Gasteiger partial charge in [-0.15, -0.1) is 0 Å². The summed E-state index contributed by atoms with van der Waals surface area (Å²) in [5, 5.41) is 10.6. The number of carbonyl (C=O) groups is 1. The Bertz CT molecular complexity index is 422. The highest BCUT2D eigenvalue weighted by atomic mass is 16.2. The van der Waals surface area contributed by atoms with E-state index < -0.39 is 0 Å². The van der Waals surface area contributed by atoms with E-state index in [1.807, 2.05) is 7.05 Å². The van der Waals surface area contributed by atoms with Crippen molar-refractivity contribution >= 4 is 5.91 Å². The number of carbonyl (C=O) groups excluding carboxylic acids is 1. The number of amides is 1. The molecule has 106 valence electrons. The molecule has 19 heavy (non-hydrogen) atoms. The van der Waals surface area contributed by atoms with Gasteiger partial charge in [0.15, 0.2) is 5.82 Å². The minimum absolute atomic E-state index is 0.178. The molecule has 1 amide bonds. The van der Waals surface area contributed by atoms with Gasteiger partial charge < -0.3 is 10.6 Å². The summed E-state index contributed by atoms with van der Waals surface area (Å²) < 4.78 is 1.68. The Morgan fingerprint density at radius 3 is 2.84 bits per heavy atom. The highest BCUT2D eigenvalue weighted by Crippen LogP contribution is 2.32. The summed E-state index contributed by atoms with van der Waals surface area (Å²) >= 11 is 0. The monoisotopic (exact) mass is 265 g/mol. The molecule has 0 saturated carbocycles. The molecule has 0 radical (unpaired) electrons. The van der Waals surface area contributed by atoms with Crippen molar-refractivity contribution in [3.05, 3.63) is 12.2 Å². The highest BCUT2D eigenvalue weighted by molar-refractivity contribution is 5.82. The molecule has 6 heteroatoms. The van der Waals surface area contributed by atoms with Crippen LogP contribution in [0.15, 0.2) is 6.33 Å². The lowest BCUT2D eigenvalue weighted by Gasteiger charge is -2.35. The first-order chi connectivity index (χ1) is 9.16. The van der Waals surface area contributed by atoms with Gasteiger partial charge in [-0.1, -0.05) is 6.92 Å². The van der Waals surface area contributed by atoms with Gasteiger partial charge in [0.05, 0.1) is 5.41 Å². The standard InChI is InChI=1S/C13H23N5O/c1-3-13(5-8-14-9-6-13)12(19)15-7-4-11-16-10-18(2)17-11/h10,14H,3-9H2,1-2H3,(H,15,19). The Balaban J connectivity index is 1.82. The number of hydrogen-bond acceptors (Lipinski definition) is 4. The topological polar surface area (TPSA) is 71.8 Å². The van der Waals surface area contributed by atoms with Crippen LogP contribution >= 0.6 is 0 Å². The first-order valence-electron chi connectivity index (χ1n) is 7.00. The van der Waals surface area contributed by atoms with Gasteiger partial charge in [0.2, 0.25) is 5.91 Å². The average molecular weight is 265 g/mol. The van der Waals surface area contributed by atoms with Gasteiger partial charge in [0.1, 0.15) is 6.33 Å². The summed E-state index contributed by atoms with van der Waals surface area (Å²) in [4.78, 5) is 16.5. The lowest BCUT2D eigenvalue weighted by Crippen LogP contribution is -2.47. The van der Waals surface area contributed by atoms with E-state index in [1.54, 1.807) is 11.0 Å². The van der Waals surface area contributed by atoms with Gasteiger partial charge in [0.25, 0.3) is 0 Å². The van der Waals surface area contributed by atoms with E-state index in [0.717, 1.165) is 38.2 Å². The number of hydrogen-bond donors (Lipinski definition) is 2. The van der Waals surface area contributed by atoms with E-state index in [9.17, 15) is 4.79 Å². The third-order valence-electron chi connectivity index (χ3n) is 4.00. The van der Waals surface area contributed by atoms with E-state index >= 15 is 0 Å². The molecule has 0 aromatic carbocycles. The van der Waals surface area contributed by atoms with Crippen molar-refractivity contribution in [2.75, 3.05) is 19.6 Å². The lowest BCUT2D eigenvalue weighted by molar-refractivity contribution is -0.132. The van der Waals surface area contributed by atoms with Crippen LogP contribution in [0.3, 0.4) is 0 Å². The van der Waals surface area contributed by atoms with Crippen molar-refractivity contribution in [3.8, 4) is 0 Å². The van der Waals surface area contributed by atoms with Crippen LogP contribution in [0, 0.1) is 5.41 Å². The molecule has 1 aliphatic heterocycles. The zero-order chi connectivity index (χ0) is 13.7. The van der Waals surface area contributed by atoms with E-state index in [2.05, 4.69) is 27.6 Å². The molecule has 2 heterocycles. The largest absolute Gasteiger partial charge is 0.355 e. The van der Waals surface area contributed by atoms with Crippen molar-refractivity contribution in [1.29, 1.82) is 0 Å². The minimum atomic E-state index is -0.178. The van der Waals surface area contributed by atoms with Crippen LogP contribution in [0.4, 0.5) is 0 Å². The third kappa shape index (κ3) is 3.32. The molecule has 2 rings (SSSR count). The Hall–Kier alpha value is -1.43. The minimum Gasteiger partial charge on any atom is -0.355 e. The number of nitrogens with zero attached hydrogens (tertiary/aromatic N) is 3. The number of nitrogens with one attached hydrogen (secondary N) is 2. The zero-order valence-corrected chi connectivity index (χ0v) is 11.8. The fraction of sp³-hybridized carbons (Fsp3) is 0.769. The van der Waals surface area contributed by atoms with Crippen LogP contribution < -0.4 is 10.6 Å². The van der Waals surface area contributed by atoms with E-state index in [4.69, 9.17) is 0 Å². The molecule has 1 aromatic heterocycles. The van der Waals surface area contributed by atoms with Crippen LogP contribution in [0.1, 0.15) is 32.0 Å². The number of aromatic nitrogens is 3. The summed E-state index contributed by atoms with van der Waals surface area (Å²) in [5.74, 6) is 0.964. The highest BCUT2D eigenvalue weighted by Gasteiger charge is 2.37. The van der Waals surface area contributed by atoms with Crippen LogP contribution in [0.5, 0.6) is 0 Å². The molecular formula is C13H23N5O. The second kappa shape index (κ2) is 6.14. The smallest absolute Gasteiger partial charge is 0.226 e. The quantitative estimate of drug-likeness (QED) is 0.801. The summed E-state index contributed by atoms with van der Waals surface area (Å²) in [7, 11) is 1.84. The average Bonchev–Trinajstić information content (AvgIpc) is 2.85. The molecular weight excluding hydrogens is 242 g/mol. The first kappa shape index (κ1) is 14.0. The Kier molecular flexibility index (Phi) is 4.52. The molecule has 1 aliphatic rings. The third-order valence-corrected chi connectivity index (χ3v) is 4.00. The summed E-state index contributed by atoms with van der Waals surface area (Å²) in [6.45, 7) is 4.58. The molecule has 0 atom stereocenters. The molecule has 0 aliphatic carbocycles. The normalized spacial score (nSPS) is 18.2. The molecule has 1 fully saturated rings. The van der Waals surface area contributed by atoms with Crippen molar-refractivity contribution in [2.24, 2.45) is 12.5 Å². The van der Waals surface area contributed by atoms with Gasteiger partial charge in [0, 0.05) is 20.0 Å². The van der Waals surface area contributed by atoms with Crippen molar-refractivity contribution < 1.29 is 4.79 Å². The molecule has 0 unspecified atom stereocenters. The Labute approximate surface area is 114 Å². The van der Waals surface area contributed by atoms with Gasteiger partial charge >= 0.3 is 0 Å². The van der Waals surface area contributed by atoms with Gasteiger partial charge in [-0.25, -0.2) is 4.98 Å². The predicted octanol–water partition coefficient (Wildman–Crippen LogP) is 0.254. The summed E-state index contributed by atoms with van der Waals surface area (Å²) in [5.41, 5.74) is -0.178. The maximum atomic E-state index is 12.4. The fourth-order valence-corrected chi connectivity index (χ4v) is 2.62. The summed E-state index contributed by atoms with van der Waals surface area (Å²) in [6.07, 6.45) is 5.12. The summed E-state index contributed by atoms with van der Waals surface area (Å²) in [6, 6.07) is 0. The van der Waals surface area contributed by atoms with Crippen LogP contribution in [0.25, 0.3) is 0 Å². The number of rotatable bonds is 5. The van der Waals surface area contributed by atoms with Crippen molar-refractivity contribution in [1.82, 2.24) is 25.4 Å². The van der Waals surface area contributed by atoms with Gasteiger partial charge in [-0.05, 0) is 32.4 Å². The first-order valence-corrected chi connectivity index (χ1v) is 7.00. The van der Waals surface area contributed by atoms with Gasteiger partial charge in [-0.2, -0.15) is 5.10 Å². The molecule has 1 aromatic rings. The lowest BCUT2D eigenvalue weighted by atomic mass is 9.76. The molecule has 0 bridgehead atoms. The van der Waals surface area contributed by atoms with Gasteiger partial charge in [-0.3, -0.25) is 9.48 Å². The van der Waals surface area contributed by atoms with Crippen LogP contribution in [0.2, 0.25) is 0 Å².